The van der Waals surface area contributed by atoms with Gasteiger partial charge in [-0.15, -0.1) is 0 Å². The lowest BCUT2D eigenvalue weighted by Crippen LogP contribution is -2.27. The van der Waals surface area contributed by atoms with Crippen molar-refractivity contribution in [2.75, 3.05) is 6.54 Å². The molecule has 106 valence electrons. The van der Waals surface area contributed by atoms with Gasteiger partial charge in [-0.3, -0.25) is 4.79 Å². The van der Waals surface area contributed by atoms with Gasteiger partial charge in [-0.05, 0) is 23.6 Å². The number of nitrogens with one attached hydrogen (secondary N) is 2. The number of fused-ring (bicyclic) bond motifs is 1. The van der Waals surface area contributed by atoms with E-state index in [-0.39, 0.29) is 11.8 Å². The molecule has 0 radical (unpaired) electrons. The average molecular weight is 279 g/mol. The zero-order valence-corrected chi connectivity index (χ0v) is 11.8. The summed E-state index contributed by atoms with van der Waals surface area (Å²) in [5, 5.41) is 2.99. The number of nitrogens with zero attached hydrogens (tertiary/aromatic N) is 1. The molecule has 0 saturated heterocycles. The molecule has 3 aromatic rings. The van der Waals surface area contributed by atoms with Gasteiger partial charge in [0.25, 0.3) is 5.91 Å². The highest BCUT2D eigenvalue weighted by Crippen LogP contribution is 2.16. The number of benzene rings is 2. The average Bonchev–Trinajstić information content (AvgIpc) is 3.01. The highest BCUT2D eigenvalue weighted by atomic mass is 16.1. The first-order valence-electron chi connectivity index (χ1n) is 7.01. The Morgan fingerprint density at radius 1 is 1.19 bits per heavy atom. The summed E-state index contributed by atoms with van der Waals surface area (Å²) >= 11 is 0. The molecule has 21 heavy (non-hydrogen) atoms. The maximum absolute atomic E-state index is 12.3. The van der Waals surface area contributed by atoms with E-state index in [4.69, 9.17) is 0 Å². The minimum absolute atomic E-state index is 0.0763. The molecule has 1 atom stereocenters. The minimum atomic E-state index is -0.0763. The first kappa shape index (κ1) is 13.4. The van der Waals surface area contributed by atoms with Gasteiger partial charge in [0.15, 0.2) is 0 Å². The van der Waals surface area contributed by atoms with E-state index in [1.807, 2.05) is 36.4 Å². The molecule has 4 nitrogen and oxygen atoms in total. The number of amides is 1. The van der Waals surface area contributed by atoms with Crippen LogP contribution in [-0.2, 0) is 0 Å². The van der Waals surface area contributed by atoms with Crippen LogP contribution in [0.3, 0.4) is 0 Å². The molecule has 1 heterocycles. The third kappa shape index (κ3) is 2.79. The zero-order valence-electron chi connectivity index (χ0n) is 11.8. The van der Waals surface area contributed by atoms with Crippen molar-refractivity contribution in [3.8, 4) is 0 Å². The van der Waals surface area contributed by atoms with Crippen molar-refractivity contribution < 1.29 is 4.79 Å². The Morgan fingerprint density at radius 3 is 2.81 bits per heavy atom. The summed E-state index contributed by atoms with van der Waals surface area (Å²) in [7, 11) is 0. The van der Waals surface area contributed by atoms with Gasteiger partial charge in [0.1, 0.15) is 0 Å². The summed E-state index contributed by atoms with van der Waals surface area (Å²) in [6.45, 7) is 2.71. The van der Waals surface area contributed by atoms with E-state index in [2.05, 4.69) is 34.3 Å². The Bertz CT molecular complexity index is 749. The van der Waals surface area contributed by atoms with Gasteiger partial charge in [0.2, 0.25) is 0 Å². The summed E-state index contributed by atoms with van der Waals surface area (Å²) in [5.74, 6) is 0.198. The first-order valence-corrected chi connectivity index (χ1v) is 7.01. The molecule has 1 aromatic heterocycles. The largest absolute Gasteiger partial charge is 0.351 e. The van der Waals surface area contributed by atoms with Crippen LogP contribution in [0.2, 0.25) is 0 Å². The Morgan fingerprint density at radius 2 is 2.00 bits per heavy atom. The van der Waals surface area contributed by atoms with E-state index >= 15 is 0 Å². The summed E-state index contributed by atoms with van der Waals surface area (Å²) in [5.41, 5.74) is 3.43. The van der Waals surface area contributed by atoms with Crippen LogP contribution in [-0.4, -0.2) is 22.4 Å². The van der Waals surface area contributed by atoms with Crippen LogP contribution in [0.15, 0.2) is 54.9 Å². The van der Waals surface area contributed by atoms with Crippen LogP contribution in [0.1, 0.15) is 28.8 Å². The van der Waals surface area contributed by atoms with Crippen LogP contribution in [0.4, 0.5) is 0 Å². The molecule has 2 aromatic carbocycles. The van der Waals surface area contributed by atoms with Gasteiger partial charge in [-0.1, -0.05) is 43.3 Å². The quantitative estimate of drug-likeness (QED) is 0.771. The lowest BCUT2D eigenvalue weighted by atomic mass is 10.0. The van der Waals surface area contributed by atoms with Crippen LogP contribution in [0.5, 0.6) is 0 Å². The number of H-pyrrole nitrogens is 1. The Kier molecular flexibility index (Phi) is 3.69. The van der Waals surface area contributed by atoms with Gasteiger partial charge < -0.3 is 10.3 Å². The first-order chi connectivity index (χ1) is 10.3. The second-order valence-corrected chi connectivity index (χ2v) is 5.12. The van der Waals surface area contributed by atoms with E-state index < -0.39 is 0 Å². The SMILES string of the molecule is CC(CNC(=O)c1cccc2nc[nH]c12)c1ccccc1. The van der Waals surface area contributed by atoms with E-state index in [9.17, 15) is 4.79 Å². The van der Waals surface area contributed by atoms with E-state index in [1.54, 1.807) is 6.33 Å². The van der Waals surface area contributed by atoms with Gasteiger partial charge >= 0.3 is 0 Å². The number of aromatic amines is 1. The van der Waals surface area contributed by atoms with Crippen LogP contribution in [0.25, 0.3) is 11.0 Å². The van der Waals surface area contributed by atoms with Crippen molar-refractivity contribution >= 4 is 16.9 Å². The molecule has 1 amide bonds. The molecule has 1 unspecified atom stereocenters. The molecule has 0 bridgehead atoms. The lowest BCUT2D eigenvalue weighted by molar-refractivity contribution is 0.0953. The summed E-state index contributed by atoms with van der Waals surface area (Å²) < 4.78 is 0. The van der Waals surface area contributed by atoms with E-state index in [0.717, 1.165) is 11.0 Å². The monoisotopic (exact) mass is 279 g/mol. The predicted molar refractivity (Wildman–Crippen MR) is 83.3 cm³/mol. The summed E-state index contributed by atoms with van der Waals surface area (Å²) in [6, 6.07) is 15.7. The number of carbonyl (C=O) groups is 1. The van der Waals surface area contributed by atoms with Crippen molar-refractivity contribution in [3.05, 3.63) is 66.0 Å². The highest BCUT2D eigenvalue weighted by Gasteiger charge is 2.12. The number of aromatic nitrogens is 2. The Balaban J connectivity index is 1.71. The third-order valence-corrected chi connectivity index (χ3v) is 3.64. The maximum atomic E-state index is 12.3. The molecular formula is C17H17N3O. The molecule has 0 aliphatic rings. The van der Waals surface area contributed by atoms with Gasteiger partial charge in [0, 0.05) is 6.54 Å². The number of imidazole rings is 1. The summed E-state index contributed by atoms with van der Waals surface area (Å²) in [4.78, 5) is 19.5. The number of hydrogen-bond acceptors (Lipinski definition) is 2. The molecule has 2 N–H and O–H groups in total. The van der Waals surface area contributed by atoms with Crippen molar-refractivity contribution in [3.63, 3.8) is 0 Å². The van der Waals surface area contributed by atoms with Gasteiger partial charge in [0.05, 0.1) is 22.9 Å². The molecule has 0 fully saturated rings. The van der Waals surface area contributed by atoms with Crippen LogP contribution < -0.4 is 5.32 Å². The molecule has 0 aliphatic heterocycles. The molecule has 0 saturated carbocycles. The van der Waals surface area contributed by atoms with Crippen molar-refractivity contribution in [2.24, 2.45) is 0 Å². The van der Waals surface area contributed by atoms with Crippen LogP contribution in [0, 0.1) is 0 Å². The van der Waals surface area contributed by atoms with Crippen molar-refractivity contribution in [2.45, 2.75) is 12.8 Å². The fourth-order valence-electron chi connectivity index (χ4n) is 2.40. The molecular weight excluding hydrogens is 262 g/mol. The fourth-order valence-corrected chi connectivity index (χ4v) is 2.40. The maximum Gasteiger partial charge on any atom is 0.253 e. The number of para-hydroxylation sites is 1. The van der Waals surface area contributed by atoms with Crippen molar-refractivity contribution in [1.82, 2.24) is 15.3 Å². The number of carbonyl (C=O) groups excluding carboxylic acids is 1. The van der Waals surface area contributed by atoms with E-state index in [1.165, 1.54) is 5.56 Å². The minimum Gasteiger partial charge on any atom is -0.351 e. The summed E-state index contributed by atoms with van der Waals surface area (Å²) in [6.07, 6.45) is 1.61. The molecule has 3 rings (SSSR count). The number of rotatable bonds is 4. The predicted octanol–water partition coefficient (Wildman–Crippen LogP) is 3.10. The van der Waals surface area contributed by atoms with Gasteiger partial charge in [-0.2, -0.15) is 0 Å². The van der Waals surface area contributed by atoms with Gasteiger partial charge in [-0.25, -0.2) is 4.98 Å². The zero-order chi connectivity index (χ0) is 14.7. The lowest BCUT2D eigenvalue weighted by Gasteiger charge is -2.13. The third-order valence-electron chi connectivity index (χ3n) is 3.64. The second kappa shape index (κ2) is 5.79. The second-order valence-electron chi connectivity index (χ2n) is 5.12. The standard InChI is InChI=1S/C17H17N3O/c1-12(13-6-3-2-4-7-13)10-18-17(21)14-8-5-9-15-16(14)20-11-19-15/h2-9,11-12H,10H2,1H3,(H,18,21)(H,19,20). The molecule has 4 heteroatoms. The smallest absolute Gasteiger partial charge is 0.253 e. The topological polar surface area (TPSA) is 57.8 Å². The number of hydrogen-bond donors (Lipinski definition) is 2. The fraction of sp³-hybridized carbons (Fsp3) is 0.176. The molecule has 0 spiro atoms. The highest BCUT2D eigenvalue weighted by molar-refractivity contribution is 6.04. The van der Waals surface area contributed by atoms with Crippen molar-refractivity contribution in [1.29, 1.82) is 0 Å². The van der Waals surface area contributed by atoms with E-state index in [0.29, 0.717) is 12.1 Å². The normalized spacial score (nSPS) is 12.2. The molecule has 0 aliphatic carbocycles. The Labute approximate surface area is 123 Å². The van der Waals surface area contributed by atoms with Crippen LogP contribution >= 0.6 is 0 Å². The Hall–Kier alpha value is -2.62.